The Morgan fingerprint density at radius 3 is 2.63 bits per heavy atom. The van der Waals surface area contributed by atoms with Gasteiger partial charge in [-0.05, 0) is 55.4 Å². The maximum atomic E-state index is 13.5. The number of carbonyl (C=O) groups excluding carboxylic acids is 2. The first-order valence-electron chi connectivity index (χ1n) is 11.3. The highest BCUT2D eigenvalue weighted by Gasteiger charge is 2.50. The fraction of sp³-hybridized carbons (Fsp3) is 0.462. The Kier molecular flexibility index (Phi) is 4.98. The van der Waals surface area contributed by atoms with Crippen molar-refractivity contribution in [1.82, 2.24) is 4.90 Å². The van der Waals surface area contributed by atoms with Crippen molar-refractivity contribution in [3.05, 3.63) is 70.8 Å². The fourth-order valence-corrected chi connectivity index (χ4v) is 5.95. The van der Waals surface area contributed by atoms with Gasteiger partial charge in [0.05, 0.1) is 5.60 Å². The van der Waals surface area contributed by atoms with Gasteiger partial charge in [-0.25, -0.2) is 0 Å². The SMILES string of the molecule is O=C1CCCc2ccc(C(=O)N3CCC(O)(c4ccccc4)[C@H]4CCCC[C@H]43)cc21. The van der Waals surface area contributed by atoms with E-state index >= 15 is 0 Å². The number of rotatable bonds is 2. The standard InChI is InChI=1S/C26H29NO3/c28-24-12-6-7-18-13-14-19(17-21(18)24)25(29)27-16-15-26(30,20-8-2-1-3-9-20)22-10-4-5-11-23(22)27/h1-3,8-9,13-14,17,22-23,30H,4-7,10-12,15-16H2/t22-,23+,26?/m0/s1. The zero-order valence-corrected chi connectivity index (χ0v) is 17.3. The van der Waals surface area contributed by atoms with Gasteiger partial charge in [-0.3, -0.25) is 9.59 Å². The van der Waals surface area contributed by atoms with Crippen molar-refractivity contribution in [2.75, 3.05) is 6.54 Å². The molecule has 1 saturated heterocycles. The number of likely N-dealkylation sites (tertiary alicyclic amines) is 1. The Balaban J connectivity index is 1.45. The summed E-state index contributed by atoms with van der Waals surface area (Å²) in [7, 11) is 0. The van der Waals surface area contributed by atoms with Gasteiger partial charge in [0.1, 0.15) is 0 Å². The molecule has 2 aromatic carbocycles. The molecule has 0 bridgehead atoms. The molecule has 2 aliphatic carbocycles. The first-order valence-corrected chi connectivity index (χ1v) is 11.3. The highest BCUT2D eigenvalue weighted by Crippen LogP contribution is 2.47. The topological polar surface area (TPSA) is 57.6 Å². The second kappa shape index (κ2) is 7.66. The van der Waals surface area contributed by atoms with Gasteiger partial charge in [-0.2, -0.15) is 0 Å². The van der Waals surface area contributed by atoms with Gasteiger partial charge in [0.25, 0.3) is 5.91 Å². The van der Waals surface area contributed by atoms with Crippen LogP contribution in [0.3, 0.4) is 0 Å². The largest absolute Gasteiger partial charge is 0.385 e. The number of amides is 1. The van der Waals surface area contributed by atoms with Gasteiger partial charge in [0.2, 0.25) is 0 Å². The van der Waals surface area contributed by atoms with Crippen LogP contribution in [0.2, 0.25) is 0 Å². The number of Topliss-reactive ketones (excluding diaryl/α,β-unsaturated/α-hetero) is 1. The van der Waals surface area contributed by atoms with E-state index in [9.17, 15) is 14.7 Å². The molecule has 1 saturated carbocycles. The molecule has 3 aliphatic rings. The van der Waals surface area contributed by atoms with Gasteiger partial charge in [0.15, 0.2) is 5.78 Å². The van der Waals surface area contributed by atoms with E-state index in [0.29, 0.717) is 24.9 Å². The molecular formula is C26H29NO3. The van der Waals surface area contributed by atoms with Crippen LogP contribution in [-0.2, 0) is 12.0 Å². The average Bonchev–Trinajstić information content (AvgIpc) is 2.80. The minimum Gasteiger partial charge on any atom is -0.385 e. The molecule has 0 aromatic heterocycles. The Labute approximate surface area is 177 Å². The number of nitrogens with zero attached hydrogens (tertiary/aromatic N) is 1. The number of aryl methyl sites for hydroxylation is 1. The van der Waals surface area contributed by atoms with Crippen LogP contribution in [0.4, 0.5) is 0 Å². The predicted molar refractivity (Wildman–Crippen MR) is 115 cm³/mol. The van der Waals surface area contributed by atoms with Crippen LogP contribution >= 0.6 is 0 Å². The van der Waals surface area contributed by atoms with E-state index in [-0.39, 0.29) is 23.7 Å². The summed E-state index contributed by atoms with van der Waals surface area (Å²) in [5.74, 6) is 0.201. The van der Waals surface area contributed by atoms with E-state index in [2.05, 4.69) is 0 Å². The van der Waals surface area contributed by atoms with Crippen molar-refractivity contribution in [3.63, 3.8) is 0 Å². The van der Waals surface area contributed by atoms with Crippen molar-refractivity contribution in [2.24, 2.45) is 5.92 Å². The van der Waals surface area contributed by atoms with E-state index in [0.717, 1.165) is 55.2 Å². The minimum absolute atomic E-state index is 0.00295. The molecule has 0 radical (unpaired) electrons. The van der Waals surface area contributed by atoms with E-state index in [1.165, 1.54) is 0 Å². The fourth-order valence-electron chi connectivity index (χ4n) is 5.95. The summed E-state index contributed by atoms with van der Waals surface area (Å²) in [6.07, 6.45) is 6.96. The lowest BCUT2D eigenvalue weighted by Crippen LogP contribution is -2.59. The lowest BCUT2D eigenvalue weighted by atomic mass is 9.66. The lowest BCUT2D eigenvalue weighted by molar-refractivity contribution is -0.110. The molecule has 4 nitrogen and oxygen atoms in total. The van der Waals surface area contributed by atoms with E-state index in [4.69, 9.17) is 0 Å². The third-order valence-corrected chi connectivity index (χ3v) is 7.52. The Hall–Kier alpha value is -2.46. The second-order valence-corrected chi connectivity index (χ2v) is 9.15. The summed E-state index contributed by atoms with van der Waals surface area (Å²) in [4.78, 5) is 27.9. The van der Waals surface area contributed by atoms with Crippen LogP contribution in [0.15, 0.2) is 48.5 Å². The zero-order valence-electron chi connectivity index (χ0n) is 17.3. The Morgan fingerprint density at radius 1 is 1.00 bits per heavy atom. The van der Waals surface area contributed by atoms with E-state index in [1.807, 2.05) is 53.4 Å². The summed E-state index contributed by atoms with van der Waals surface area (Å²) in [6.45, 7) is 0.538. The van der Waals surface area contributed by atoms with Crippen molar-refractivity contribution in [3.8, 4) is 0 Å². The molecule has 1 unspecified atom stereocenters. The third-order valence-electron chi connectivity index (χ3n) is 7.52. The van der Waals surface area contributed by atoms with Crippen LogP contribution in [0, 0.1) is 5.92 Å². The number of piperidine rings is 1. The number of ketones is 1. The van der Waals surface area contributed by atoms with Crippen LogP contribution in [0.5, 0.6) is 0 Å². The van der Waals surface area contributed by atoms with E-state index in [1.54, 1.807) is 0 Å². The molecule has 30 heavy (non-hydrogen) atoms. The van der Waals surface area contributed by atoms with Crippen LogP contribution in [0.1, 0.15) is 76.8 Å². The Bertz CT molecular complexity index is 969. The average molecular weight is 404 g/mol. The Morgan fingerprint density at radius 2 is 1.80 bits per heavy atom. The number of hydrogen-bond acceptors (Lipinski definition) is 3. The van der Waals surface area contributed by atoms with Gasteiger partial charge in [0, 0.05) is 36.1 Å². The van der Waals surface area contributed by atoms with Crippen LogP contribution in [-0.4, -0.2) is 34.3 Å². The van der Waals surface area contributed by atoms with Gasteiger partial charge in [-0.1, -0.05) is 49.2 Å². The molecule has 4 heteroatoms. The molecule has 0 spiro atoms. The molecule has 156 valence electrons. The summed E-state index contributed by atoms with van der Waals surface area (Å²) < 4.78 is 0. The van der Waals surface area contributed by atoms with Crippen molar-refractivity contribution < 1.29 is 14.7 Å². The molecule has 1 aliphatic heterocycles. The maximum Gasteiger partial charge on any atom is 0.254 e. The predicted octanol–water partition coefficient (Wildman–Crippen LogP) is 4.50. The molecular weight excluding hydrogens is 374 g/mol. The lowest BCUT2D eigenvalue weighted by Gasteiger charge is -2.52. The molecule has 1 heterocycles. The maximum absolute atomic E-state index is 13.5. The monoisotopic (exact) mass is 403 g/mol. The van der Waals surface area contributed by atoms with Crippen molar-refractivity contribution in [2.45, 2.75) is 63.0 Å². The first kappa shape index (κ1) is 19.5. The molecule has 5 rings (SSSR count). The summed E-state index contributed by atoms with van der Waals surface area (Å²) in [5.41, 5.74) is 2.49. The molecule has 1 amide bonds. The number of benzene rings is 2. The summed E-state index contributed by atoms with van der Waals surface area (Å²) in [5, 5.41) is 11.7. The van der Waals surface area contributed by atoms with Gasteiger partial charge >= 0.3 is 0 Å². The minimum atomic E-state index is -0.880. The number of hydrogen-bond donors (Lipinski definition) is 1. The van der Waals surface area contributed by atoms with Gasteiger partial charge < -0.3 is 10.0 Å². The summed E-state index contributed by atoms with van der Waals surface area (Å²) in [6, 6.07) is 15.7. The van der Waals surface area contributed by atoms with E-state index < -0.39 is 5.60 Å². The smallest absolute Gasteiger partial charge is 0.254 e. The van der Waals surface area contributed by atoms with Crippen molar-refractivity contribution in [1.29, 1.82) is 0 Å². The number of carbonyl (C=O) groups is 2. The quantitative estimate of drug-likeness (QED) is 0.803. The van der Waals surface area contributed by atoms with Crippen LogP contribution < -0.4 is 0 Å². The summed E-state index contributed by atoms with van der Waals surface area (Å²) >= 11 is 0. The second-order valence-electron chi connectivity index (χ2n) is 9.15. The molecule has 3 atom stereocenters. The normalized spacial score (nSPS) is 28.6. The molecule has 2 aromatic rings. The first-order chi connectivity index (χ1) is 14.6. The highest BCUT2D eigenvalue weighted by molar-refractivity contribution is 6.02. The molecule has 2 fully saturated rings. The number of fused-ring (bicyclic) bond motifs is 2. The zero-order chi connectivity index (χ0) is 20.7. The third kappa shape index (κ3) is 3.18. The van der Waals surface area contributed by atoms with Gasteiger partial charge in [-0.15, -0.1) is 0 Å². The highest BCUT2D eigenvalue weighted by atomic mass is 16.3. The van der Waals surface area contributed by atoms with Crippen LogP contribution in [0.25, 0.3) is 0 Å². The number of aliphatic hydroxyl groups is 1. The molecule has 1 N–H and O–H groups in total. The van der Waals surface area contributed by atoms with Crippen molar-refractivity contribution >= 4 is 11.7 Å².